The zero-order valence-corrected chi connectivity index (χ0v) is 13.4. The van der Waals surface area contributed by atoms with E-state index >= 15 is 0 Å². The van der Waals surface area contributed by atoms with Crippen LogP contribution in [-0.4, -0.2) is 30.4 Å². The van der Waals surface area contributed by atoms with Crippen molar-refractivity contribution in [3.05, 3.63) is 32.7 Å². The first-order valence-corrected chi connectivity index (χ1v) is 7.44. The molecule has 1 heterocycles. The quantitative estimate of drug-likeness (QED) is 0.535. The molecular formula is C14H20BrNO4. The van der Waals surface area contributed by atoms with Crippen LogP contribution in [-0.2, 0) is 20.8 Å². The van der Waals surface area contributed by atoms with Gasteiger partial charge in [0, 0.05) is 22.8 Å². The molecule has 0 saturated heterocycles. The molecule has 0 aliphatic heterocycles. The van der Waals surface area contributed by atoms with Crippen molar-refractivity contribution in [2.75, 3.05) is 19.8 Å². The second-order valence-corrected chi connectivity index (χ2v) is 5.38. The normalized spacial score (nSPS) is 10.6. The number of pyridine rings is 1. The fraction of sp³-hybridized carbons (Fsp3) is 0.571. The predicted molar refractivity (Wildman–Crippen MR) is 79.8 cm³/mol. The van der Waals surface area contributed by atoms with Crippen LogP contribution >= 0.6 is 15.9 Å². The number of esters is 1. The van der Waals surface area contributed by atoms with Crippen molar-refractivity contribution in [3.8, 4) is 0 Å². The van der Waals surface area contributed by atoms with Gasteiger partial charge in [-0.1, -0.05) is 13.3 Å². The van der Waals surface area contributed by atoms with Crippen LogP contribution in [0.2, 0.25) is 0 Å². The fourth-order valence-corrected chi connectivity index (χ4v) is 2.20. The lowest BCUT2D eigenvalue weighted by atomic mass is 10.3. The molecule has 0 spiro atoms. The summed E-state index contributed by atoms with van der Waals surface area (Å²) in [6.45, 7) is 4.98. The fourth-order valence-electron chi connectivity index (χ4n) is 1.60. The molecule has 0 saturated carbocycles. The van der Waals surface area contributed by atoms with E-state index in [9.17, 15) is 9.59 Å². The van der Waals surface area contributed by atoms with Gasteiger partial charge in [-0.3, -0.25) is 9.59 Å². The molecule has 1 aromatic heterocycles. The maximum atomic E-state index is 11.8. The van der Waals surface area contributed by atoms with E-state index in [0.717, 1.165) is 17.3 Å². The summed E-state index contributed by atoms with van der Waals surface area (Å²) in [6, 6.07) is 1.71. The third kappa shape index (κ3) is 5.88. The van der Waals surface area contributed by atoms with Crippen LogP contribution in [0.4, 0.5) is 0 Å². The Kier molecular flexibility index (Phi) is 7.54. The predicted octanol–water partition coefficient (Wildman–Crippen LogP) is 2.28. The molecule has 112 valence electrons. The van der Waals surface area contributed by atoms with Gasteiger partial charge in [-0.25, -0.2) is 0 Å². The maximum Gasteiger partial charge on any atom is 0.326 e. The number of carbonyl (C=O) groups is 1. The van der Waals surface area contributed by atoms with Crippen molar-refractivity contribution < 1.29 is 14.3 Å². The Labute approximate surface area is 127 Å². The molecule has 5 nitrogen and oxygen atoms in total. The van der Waals surface area contributed by atoms with Gasteiger partial charge in [-0.15, -0.1) is 0 Å². The smallest absolute Gasteiger partial charge is 0.326 e. The van der Waals surface area contributed by atoms with Gasteiger partial charge in [0.05, 0.1) is 6.61 Å². The van der Waals surface area contributed by atoms with E-state index < -0.39 is 5.97 Å². The average Bonchev–Trinajstić information content (AvgIpc) is 2.39. The minimum atomic E-state index is -0.441. The topological polar surface area (TPSA) is 57.5 Å². The van der Waals surface area contributed by atoms with E-state index in [0.29, 0.717) is 18.8 Å². The third-order valence-corrected chi connectivity index (χ3v) is 3.10. The summed E-state index contributed by atoms with van der Waals surface area (Å²) in [7, 11) is 0. The van der Waals surface area contributed by atoms with Gasteiger partial charge in [-0.05, 0) is 35.3 Å². The SMILES string of the molecule is CCCCOCCOC(=O)Cn1cc(Br)cc(C)c1=O. The van der Waals surface area contributed by atoms with Crippen molar-refractivity contribution in [2.45, 2.75) is 33.2 Å². The van der Waals surface area contributed by atoms with Crippen LogP contribution in [0.25, 0.3) is 0 Å². The van der Waals surface area contributed by atoms with E-state index in [-0.39, 0.29) is 18.7 Å². The molecule has 0 atom stereocenters. The van der Waals surface area contributed by atoms with Crippen LogP contribution in [0.5, 0.6) is 0 Å². The molecule has 1 rings (SSSR count). The van der Waals surface area contributed by atoms with Gasteiger partial charge in [-0.2, -0.15) is 0 Å². The van der Waals surface area contributed by atoms with E-state index in [1.807, 2.05) is 0 Å². The Morgan fingerprint density at radius 3 is 2.80 bits per heavy atom. The summed E-state index contributed by atoms with van der Waals surface area (Å²) in [4.78, 5) is 23.4. The van der Waals surface area contributed by atoms with E-state index in [4.69, 9.17) is 9.47 Å². The molecule has 20 heavy (non-hydrogen) atoms. The van der Waals surface area contributed by atoms with Crippen molar-refractivity contribution in [3.63, 3.8) is 0 Å². The molecule has 0 radical (unpaired) electrons. The monoisotopic (exact) mass is 345 g/mol. The Morgan fingerprint density at radius 1 is 1.35 bits per heavy atom. The number of aromatic nitrogens is 1. The van der Waals surface area contributed by atoms with Crippen LogP contribution in [0.3, 0.4) is 0 Å². The number of halogens is 1. The summed E-state index contributed by atoms with van der Waals surface area (Å²) in [6.07, 6.45) is 3.65. The lowest BCUT2D eigenvalue weighted by Gasteiger charge is -2.08. The lowest BCUT2D eigenvalue weighted by Crippen LogP contribution is -2.27. The van der Waals surface area contributed by atoms with Crippen molar-refractivity contribution in [1.82, 2.24) is 4.57 Å². The standard InChI is InChI=1S/C14H20BrNO4/c1-3-4-5-19-6-7-20-13(17)10-16-9-12(15)8-11(2)14(16)18/h8-9H,3-7,10H2,1-2H3. The maximum absolute atomic E-state index is 11.8. The van der Waals surface area contributed by atoms with Gasteiger partial charge in [0.2, 0.25) is 0 Å². The van der Waals surface area contributed by atoms with Gasteiger partial charge >= 0.3 is 5.97 Å². The molecule has 0 bridgehead atoms. The molecule has 6 heteroatoms. The first-order valence-electron chi connectivity index (χ1n) is 6.64. The minimum absolute atomic E-state index is 0.0892. The highest BCUT2D eigenvalue weighted by atomic mass is 79.9. The largest absolute Gasteiger partial charge is 0.462 e. The van der Waals surface area contributed by atoms with Crippen molar-refractivity contribution in [2.24, 2.45) is 0 Å². The lowest BCUT2D eigenvalue weighted by molar-refractivity contribution is -0.146. The summed E-state index contributed by atoms with van der Waals surface area (Å²) in [5.41, 5.74) is 0.388. The molecule has 0 aromatic carbocycles. The zero-order chi connectivity index (χ0) is 15.0. The number of rotatable bonds is 8. The number of aryl methyl sites for hydroxylation is 1. The Bertz CT molecular complexity index is 498. The van der Waals surface area contributed by atoms with Gasteiger partial charge < -0.3 is 14.0 Å². The molecule has 0 fully saturated rings. The number of carbonyl (C=O) groups excluding carboxylic acids is 1. The van der Waals surface area contributed by atoms with Crippen molar-refractivity contribution in [1.29, 1.82) is 0 Å². The van der Waals surface area contributed by atoms with E-state index in [2.05, 4.69) is 22.9 Å². The van der Waals surface area contributed by atoms with E-state index in [1.54, 1.807) is 19.2 Å². The van der Waals surface area contributed by atoms with Crippen LogP contribution in [0.15, 0.2) is 21.5 Å². The number of unbranched alkanes of at least 4 members (excludes halogenated alkanes) is 1. The summed E-state index contributed by atoms with van der Waals surface area (Å²) in [5.74, 6) is -0.441. The summed E-state index contributed by atoms with van der Waals surface area (Å²) < 4.78 is 12.4. The first kappa shape index (κ1) is 16.9. The second kappa shape index (κ2) is 8.92. The highest BCUT2D eigenvalue weighted by Crippen LogP contribution is 2.08. The van der Waals surface area contributed by atoms with Crippen LogP contribution in [0.1, 0.15) is 25.3 Å². The molecular weight excluding hydrogens is 326 g/mol. The van der Waals surface area contributed by atoms with Gasteiger partial charge in [0.1, 0.15) is 13.2 Å². The number of hydrogen-bond donors (Lipinski definition) is 0. The molecule has 0 aliphatic carbocycles. The molecule has 0 aliphatic rings. The average molecular weight is 346 g/mol. The summed E-state index contributed by atoms with van der Waals surface area (Å²) in [5, 5.41) is 0. The second-order valence-electron chi connectivity index (χ2n) is 4.46. The minimum Gasteiger partial charge on any atom is -0.462 e. The number of ether oxygens (including phenoxy) is 2. The zero-order valence-electron chi connectivity index (χ0n) is 11.9. The first-order chi connectivity index (χ1) is 9.54. The Balaban J connectivity index is 2.38. The highest BCUT2D eigenvalue weighted by molar-refractivity contribution is 9.10. The van der Waals surface area contributed by atoms with Crippen LogP contribution in [0, 0.1) is 6.92 Å². The van der Waals surface area contributed by atoms with Gasteiger partial charge in [0.25, 0.3) is 5.56 Å². The van der Waals surface area contributed by atoms with Crippen molar-refractivity contribution >= 4 is 21.9 Å². The third-order valence-electron chi connectivity index (χ3n) is 2.66. The Morgan fingerprint density at radius 2 is 2.10 bits per heavy atom. The van der Waals surface area contributed by atoms with E-state index in [1.165, 1.54) is 4.57 Å². The number of hydrogen-bond acceptors (Lipinski definition) is 4. The molecule has 0 amide bonds. The summed E-state index contributed by atoms with van der Waals surface area (Å²) >= 11 is 3.29. The Hall–Kier alpha value is -1.14. The number of nitrogens with zero attached hydrogens (tertiary/aromatic N) is 1. The molecule has 0 unspecified atom stereocenters. The molecule has 0 N–H and O–H groups in total. The van der Waals surface area contributed by atoms with Crippen LogP contribution < -0.4 is 5.56 Å². The molecule has 1 aromatic rings. The van der Waals surface area contributed by atoms with Gasteiger partial charge in [0.15, 0.2) is 0 Å². The highest BCUT2D eigenvalue weighted by Gasteiger charge is 2.08.